The van der Waals surface area contributed by atoms with E-state index in [9.17, 15) is 5.11 Å². The molecule has 9 aromatic rings. The van der Waals surface area contributed by atoms with Crippen molar-refractivity contribution in [3.8, 4) is 78.6 Å². The summed E-state index contributed by atoms with van der Waals surface area (Å²) in [6.45, 7) is 11.3. The van der Waals surface area contributed by atoms with Crippen LogP contribution in [0.5, 0.6) is 5.75 Å². The fraction of sp³-hybridized carbons (Fsp3) is 0.238. The van der Waals surface area contributed by atoms with Gasteiger partial charge in [0.05, 0.1) is 22.3 Å². The van der Waals surface area contributed by atoms with Gasteiger partial charge in [-0.3, -0.25) is 9.55 Å². The Morgan fingerprint density at radius 1 is 0.529 bits per heavy atom. The van der Waals surface area contributed by atoms with Crippen LogP contribution in [-0.2, 0) is 37.3 Å². The molecule has 9 rings (SSSR count). The number of para-hydroxylation sites is 1. The van der Waals surface area contributed by atoms with E-state index in [1.807, 2.05) is 95.6 Å². The zero-order chi connectivity index (χ0) is 55.1. The monoisotopic (exact) mass is 1080 g/mol. The summed E-state index contributed by atoms with van der Waals surface area (Å²) < 4.78 is 78.0. The Hall–Kier alpha value is -6.35. The number of aromatic nitrogens is 3. The quantitative estimate of drug-likeness (QED) is 0.162. The van der Waals surface area contributed by atoms with Crippen LogP contribution in [0.3, 0.4) is 0 Å². The average Bonchev–Trinajstić information content (AvgIpc) is 3.74. The van der Waals surface area contributed by atoms with Crippen LogP contribution in [0.15, 0.2) is 152 Å². The van der Waals surface area contributed by atoms with Gasteiger partial charge < -0.3 is 5.11 Å². The molecule has 0 unspecified atom stereocenters. The van der Waals surface area contributed by atoms with E-state index in [2.05, 4.69) is 86.6 Å². The van der Waals surface area contributed by atoms with E-state index in [0.29, 0.717) is 61.6 Å². The summed E-state index contributed by atoms with van der Waals surface area (Å²) in [5, 5.41) is 12.6. The Morgan fingerprint density at radius 3 is 1.84 bits per heavy atom. The number of fused-ring (bicyclic) bond motifs is 1. The second kappa shape index (κ2) is 18.3. The van der Waals surface area contributed by atoms with Crippen molar-refractivity contribution >= 4 is 11.0 Å². The van der Waals surface area contributed by atoms with Gasteiger partial charge in [0, 0.05) is 50.9 Å². The maximum absolute atomic E-state index is 12.6. The van der Waals surface area contributed by atoms with Crippen molar-refractivity contribution in [1.82, 2.24) is 14.5 Å². The Balaban J connectivity index is 0.00000784. The van der Waals surface area contributed by atoms with Crippen molar-refractivity contribution in [3.63, 3.8) is 0 Å². The molecule has 5 heteroatoms. The van der Waals surface area contributed by atoms with E-state index in [0.717, 1.165) is 38.9 Å². The number of nitrogens with zero attached hydrogens (tertiary/aromatic N) is 3. The summed E-state index contributed by atoms with van der Waals surface area (Å²) in [4.78, 5) is 10.3. The zero-order valence-corrected chi connectivity index (χ0v) is 42.3. The minimum atomic E-state index is -2.58. The van der Waals surface area contributed by atoms with Crippen molar-refractivity contribution in [2.24, 2.45) is 0 Å². The van der Waals surface area contributed by atoms with Gasteiger partial charge in [-0.15, -0.1) is 23.8 Å². The molecule has 0 saturated carbocycles. The van der Waals surface area contributed by atoms with Gasteiger partial charge in [0.25, 0.3) is 0 Å². The van der Waals surface area contributed by atoms with Crippen LogP contribution in [0.2, 0.25) is 0 Å². The molecule has 7 aromatic carbocycles. The van der Waals surface area contributed by atoms with Crippen molar-refractivity contribution in [3.05, 3.63) is 191 Å². The fourth-order valence-electron chi connectivity index (χ4n) is 8.83. The van der Waals surface area contributed by atoms with Crippen LogP contribution in [0.25, 0.3) is 83.9 Å². The molecule has 2 heterocycles. The second-order valence-electron chi connectivity index (χ2n) is 20.7. The number of phenolic OH excluding ortho intramolecular Hbond substituents is 1. The van der Waals surface area contributed by atoms with Gasteiger partial charge in [-0.2, -0.15) is 0 Å². The third kappa shape index (κ3) is 9.54. The number of hydrogen-bond donors (Lipinski definition) is 1. The second-order valence-corrected chi connectivity index (χ2v) is 20.7. The first-order valence-corrected chi connectivity index (χ1v) is 22.8. The topological polar surface area (TPSA) is 50.9 Å². The maximum atomic E-state index is 12.6. The molecule has 0 saturated heterocycles. The fourth-order valence-corrected chi connectivity index (χ4v) is 8.83. The van der Waals surface area contributed by atoms with Crippen molar-refractivity contribution < 1.29 is 38.5 Å². The van der Waals surface area contributed by atoms with Crippen LogP contribution >= 0.6 is 0 Å². The molecule has 1 N–H and O–H groups in total. The molecule has 0 aliphatic rings. The first-order chi connectivity index (χ1) is 35.4. The Morgan fingerprint density at radius 2 is 1.18 bits per heavy atom. The number of pyridine rings is 1. The Kier molecular flexibility index (Phi) is 10.1. The summed E-state index contributed by atoms with van der Waals surface area (Å²) in [5.74, 6) is 0.403. The maximum Gasteiger partial charge on any atom is 0.148 e. The van der Waals surface area contributed by atoms with Crippen LogP contribution in [0.1, 0.15) is 108 Å². The predicted octanol–water partition coefficient (Wildman–Crippen LogP) is 16.7. The van der Waals surface area contributed by atoms with Crippen LogP contribution in [0.4, 0.5) is 0 Å². The molecule has 0 aliphatic heterocycles. The number of hydrogen-bond acceptors (Lipinski definition) is 3. The van der Waals surface area contributed by atoms with E-state index in [4.69, 9.17) is 22.3 Å². The van der Waals surface area contributed by atoms with Crippen molar-refractivity contribution in [2.45, 2.75) is 99.1 Å². The van der Waals surface area contributed by atoms with Gasteiger partial charge in [0.2, 0.25) is 0 Å². The number of benzene rings is 7. The summed E-state index contributed by atoms with van der Waals surface area (Å²) in [5.41, 5.74) is 10.6. The van der Waals surface area contributed by atoms with Gasteiger partial charge in [0.15, 0.2) is 0 Å². The van der Waals surface area contributed by atoms with Gasteiger partial charge in [0.1, 0.15) is 11.6 Å². The number of aryl methyl sites for hydroxylation is 3. The molecule has 0 radical (unpaired) electrons. The number of rotatable bonds is 7. The van der Waals surface area contributed by atoms with E-state index in [1.54, 1.807) is 24.4 Å². The van der Waals surface area contributed by atoms with Gasteiger partial charge in [-0.05, 0) is 112 Å². The van der Waals surface area contributed by atoms with Crippen LogP contribution < -0.4 is 0 Å². The summed E-state index contributed by atoms with van der Waals surface area (Å²) in [7, 11) is 0. The molecule has 68 heavy (non-hydrogen) atoms. The molecular weight excluding hydrogens is 1010 g/mol. The van der Waals surface area contributed by atoms with Gasteiger partial charge >= 0.3 is 0 Å². The third-order valence-corrected chi connectivity index (χ3v) is 12.6. The molecule has 0 aliphatic carbocycles. The predicted molar refractivity (Wildman–Crippen MR) is 282 cm³/mol. The summed E-state index contributed by atoms with van der Waals surface area (Å²) >= 11 is 0. The average molecular weight is 1080 g/mol. The van der Waals surface area contributed by atoms with E-state index >= 15 is 0 Å². The Labute approximate surface area is 431 Å². The van der Waals surface area contributed by atoms with Crippen LogP contribution in [-0.4, -0.2) is 19.6 Å². The molecule has 0 amide bonds. The van der Waals surface area contributed by atoms with Gasteiger partial charge in [-0.1, -0.05) is 193 Å². The number of aromatic hydroxyl groups is 1. The smallest absolute Gasteiger partial charge is 0.148 e. The van der Waals surface area contributed by atoms with Crippen molar-refractivity contribution in [2.75, 3.05) is 0 Å². The Bertz CT molecular complexity index is 3640. The first-order valence-electron chi connectivity index (χ1n) is 27.3. The van der Waals surface area contributed by atoms with Crippen LogP contribution in [0, 0.1) is 26.6 Å². The van der Waals surface area contributed by atoms with Crippen molar-refractivity contribution in [1.29, 1.82) is 0 Å². The minimum absolute atomic E-state index is 0. The standard InChI is InChI=1S/C63H62N3O.Pt/c1-39-29-40(2)31-46(30-39)45-27-28-64-55(36-45)49-34-47(42-17-14-13-15-18-42)33-48(35-49)52-19-16-20-57-58(52)65-60(53-37-51(62(7,8)9)38-54(59(53)67)63(10,11)12)66(57)56-26-23-44(32-41(56)3)43-21-24-50(25-22-43)61(4,5)6;/h13-34,36-38,67H,1-12H3;/q-1;/i1D3,2D3,3D3;. The molecule has 4 nitrogen and oxygen atoms in total. The molecule has 346 valence electrons. The zero-order valence-electron chi connectivity index (χ0n) is 49.0. The summed E-state index contributed by atoms with van der Waals surface area (Å²) in [6, 6.07) is 48.8. The largest absolute Gasteiger partial charge is 0.507 e. The molecule has 0 bridgehead atoms. The third-order valence-electron chi connectivity index (χ3n) is 12.6. The minimum Gasteiger partial charge on any atom is -0.507 e. The summed E-state index contributed by atoms with van der Waals surface area (Å²) in [6.07, 6.45) is 1.61. The van der Waals surface area contributed by atoms with Gasteiger partial charge in [-0.25, -0.2) is 4.98 Å². The molecule has 0 spiro atoms. The molecular formula is C63H62N3OPt-. The van der Waals surface area contributed by atoms with E-state index in [1.165, 1.54) is 18.2 Å². The first kappa shape index (κ1) is 37.6. The normalized spacial score (nSPS) is 14.6. The van der Waals surface area contributed by atoms with E-state index in [-0.39, 0.29) is 54.3 Å². The number of imidazole rings is 1. The molecule has 2 aromatic heterocycles. The molecule has 0 atom stereocenters. The van der Waals surface area contributed by atoms with E-state index < -0.39 is 26.0 Å². The number of phenols is 1. The SMILES string of the molecule is [2H]C([2H])([2H])c1cc(-c2ccnc(-c3[c-]c(-c4cccc5c4nc(-c4cc(C(C)(C)C)cc(C(C)(C)C)c4O)n5-c4ccc(-c5ccc(C(C)(C)C)cc5)cc4C([2H])([2H])[2H])cc(-c4ccccc4)c3)c2)cc(C([2H])([2H])[2H])c1.[Pt]. The molecule has 0 fully saturated rings.